The Morgan fingerprint density at radius 1 is 0.295 bits per heavy atom. The topological polar surface area (TPSA) is 0 Å². The van der Waals surface area contributed by atoms with Crippen molar-refractivity contribution in [3.8, 4) is 0 Å². The molecule has 9 aromatic rings. The molecule has 78 heavy (non-hydrogen) atoms. The maximum absolute atomic E-state index is 4.44. The van der Waals surface area contributed by atoms with E-state index in [0.29, 0.717) is 0 Å². The van der Waals surface area contributed by atoms with Crippen LogP contribution >= 0.6 is 31.9 Å². The van der Waals surface area contributed by atoms with Gasteiger partial charge in [-0.1, -0.05) is 198 Å². The molecular weight excluding hydrogens is 1080 g/mol. The molecule has 0 amide bonds. The van der Waals surface area contributed by atoms with E-state index in [-0.39, 0.29) is 0 Å². The van der Waals surface area contributed by atoms with Crippen LogP contribution < -0.4 is 8.97 Å². The molecule has 0 saturated heterocycles. The Labute approximate surface area is 487 Å². The first-order chi connectivity index (χ1) is 38.4. The number of nitrogens with zero attached hydrogens (tertiary/aromatic N) is 2. The Morgan fingerprint density at radius 3 is 1.17 bits per heavy atom. The molecule has 0 heterocycles. The average Bonchev–Trinajstić information content (AvgIpc) is 3.55. The predicted octanol–water partition coefficient (Wildman–Crippen LogP) is 23.2. The number of unbranched alkanes of at least 4 members (excludes halogenated alkanes) is 12. The summed E-state index contributed by atoms with van der Waals surface area (Å²) >= 11 is 8.49. The molecule has 0 aliphatic rings. The van der Waals surface area contributed by atoms with Crippen LogP contribution in [0, 0.1) is 0 Å². The van der Waals surface area contributed by atoms with E-state index in [9.17, 15) is 0 Å². The van der Waals surface area contributed by atoms with Gasteiger partial charge in [-0.25, -0.2) is 0 Å². The molecular formula is C74H90Br2N2+2. The van der Waals surface area contributed by atoms with Crippen molar-refractivity contribution in [1.82, 2.24) is 8.97 Å². The van der Waals surface area contributed by atoms with Crippen molar-refractivity contribution in [3.63, 3.8) is 0 Å². The molecule has 4 heteroatoms. The van der Waals surface area contributed by atoms with Gasteiger partial charge in [-0.05, 0) is 215 Å². The fraction of sp³-hybridized carbons (Fsp3) is 0.405. The van der Waals surface area contributed by atoms with Gasteiger partial charge in [0.25, 0.3) is 0 Å². The number of fused-ring (bicyclic) bond motifs is 2. The molecule has 0 unspecified atom stereocenters. The van der Waals surface area contributed by atoms with Crippen molar-refractivity contribution in [3.05, 3.63) is 189 Å². The van der Waals surface area contributed by atoms with E-state index >= 15 is 0 Å². The number of aryl methyl sites for hydroxylation is 3. The fourth-order valence-corrected chi connectivity index (χ4v) is 14.9. The number of para-hydroxylation sites is 2. The summed E-state index contributed by atoms with van der Waals surface area (Å²) in [7, 11) is 0. The summed E-state index contributed by atoms with van der Waals surface area (Å²) in [5, 5.41) is 10.8. The molecule has 9 aromatic carbocycles. The molecule has 0 bridgehead atoms. The molecule has 0 aliphatic heterocycles. The van der Waals surface area contributed by atoms with E-state index in [0.717, 1.165) is 73.7 Å². The van der Waals surface area contributed by atoms with Crippen molar-refractivity contribution in [1.29, 1.82) is 0 Å². The lowest BCUT2D eigenvalue weighted by Gasteiger charge is -2.38. The zero-order valence-electron chi connectivity index (χ0n) is 48.0. The minimum atomic E-state index is 0.954. The van der Waals surface area contributed by atoms with E-state index < -0.39 is 0 Å². The van der Waals surface area contributed by atoms with Crippen LogP contribution in [0.1, 0.15) is 166 Å². The second kappa shape index (κ2) is 28.5. The maximum Gasteiger partial charge on any atom is 0.137 e. The standard InChI is InChI=1S/C74H90Br2N2/c1-5-9-13-23-53-77(54-24-14-10-6-2,60-34-19-17-20-35-60)62-48-43-57(44-49-62)31-27-38-64-65-39-30-42-68-71(65)73(67-41-29-33-59-47-52-69(75)72(68)70(59)67)74(76)66(64)40-28-32-58-45-50-63(51-46-58)78(55-25-15-11-7-3,56-26-16-12-8-4)61-36-21-18-22-37-61/h17-22,29-30,33-37,39,41-52H,5-16,23-28,31-32,38,40,53-56H2,1-4H3/q+2. The maximum atomic E-state index is 4.44. The highest BCUT2D eigenvalue weighted by Crippen LogP contribution is 2.48. The Hall–Kier alpha value is -4.84. The summed E-state index contributed by atoms with van der Waals surface area (Å²) in [4.78, 5) is 0. The number of hydrogen-bond donors (Lipinski definition) is 0. The van der Waals surface area contributed by atoms with Gasteiger partial charge in [0.1, 0.15) is 22.7 Å². The molecule has 9 rings (SSSR count). The number of rotatable bonds is 32. The van der Waals surface area contributed by atoms with E-state index in [1.165, 1.54) is 200 Å². The molecule has 0 atom stereocenters. The lowest BCUT2D eigenvalue weighted by Crippen LogP contribution is -2.46. The fourth-order valence-electron chi connectivity index (χ4n) is 13.5. The lowest BCUT2D eigenvalue weighted by atomic mass is 9.84. The highest BCUT2D eigenvalue weighted by atomic mass is 79.9. The first kappa shape index (κ1) is 57.8. The van der Waals surface area contributed by atoms with Crippen LogP contribution in [0.5, 0.6) is 0 Å². The SMILES string of the molecule is CCCCCC[N+](CCCCCC)(c1ccccc1)c1ccc(CCCc2c(CCCc3ccc([N+](CCCCCC)(CCCCCC)c4ccccc4)cc3)c3cccc4c5c(Br)ccc6cccc(c(c2Br)c34)c65)cc1. The Kier molecular flexibility index (Phi) is 21.2. The lowest BCUT2D eigenvalue weighted by molar-refractivity contribution is 0.356. The van der Waals surface area contributed by atoms with Crippen molar-refractivity contribution in [2.24, 2.45) is 0 Å². The van der Waals surface area contributed by atoms with Crippen molar-refractivity contribution >= 4 is 97.7 Å². The van der Waals surface area contributed by atoms with Crippen LogP contribution in [0.2, 0.25) is 0 Å². The van der Waals surface area contributed by atoms with E-state index in [1.54, 1.807) is 0 Å². The van der Waals surface area contributed by atoms with Crippen LogP contribution in [0.25, 0.3) is 43.1 Å². The molecule has 0 aliphatic carbocycles. The average molecular weight is 1170 g/mol. The second-order valence-electron chi connectivity index (χ2n) is 23.0. The Morgan fingerprint density at radius 2 is 0.705 bits per heavy atom. The summed E-state index contributed by atoms with van der Waals surface area (Å²) in [6.45, 7) is 13.9. The summed E-state index contributed by atoms with van der Waals surface area (Å²) in [6, 6.07) is 61.3. The monoisotopic (exact) mass is 1160 g/mol. The molecule has 0 aromatic heterocycles. The minimum Gasteiger partial charge on any atom is -0.259 e. The summed E-state index contributed by atoms with van der Waals surface area (Å²) < 4.78 is 4.37. The van der Waals surface area contributed by atoms with Gasteiger partial charge in [0.05, 0.1) is 26.2 Å². The molecule has 2 nitrogen and oxygen atoms in total. The number of quaternary nitrogens is 2. The highest BCUT2D eigenvalue weighted by Gasteiger charge is 2.34. The molecule has 0 fully saturated rings. The van der Waals surface area contributed by atoms with Gasteiger partial charge >= 0.3 is 0 Å². The van der Waals surface area contributed by atoms with Crippen molar-refractivity contribution in [2.45, 2.75) is 169 Å². The predicted molar refractivity (Wildman–Crippen MR) is 352 cm³/mol. The normalized spacial score (nSPS) is 12.3. The first-order valence-corrected chi connectivity index (χ1v) is 32.5. The van der Waals surface area contributed by atoms with Gasteiger partial charge < -0.3 is 0 Å². The quantitative estimate of drug-likeness (QED) is 0.0171. The summed E-state index contributed by atoms with van der Waals surface area (Å²) in [5.41, 5.74) is 11.7. The molecule has 0 spiro atoms. The van der Waals surface area contributed by atoms with Crippen LogP contribution in [-0.4, -0.2) is 26.2 Å². The van der Waals surface area contributed by atoms with Gasteiger partial charge in [-0.15, -0.1) is 0 Å². The third kappa shape index (κ3) is 13.0. The van der Waals surface area contributed by atoms with Crippen molar-refractivity contribution in [2.75, 3.05) is 26.2 Å². The smallest absolute Gasteiger partial charge is 0.137 e. The number of benzene rings is 9. The van der Waals surface area contributed by atoms with Gasteiger partial charge in [-0.3, -0.25) is 8.97 Å². The zero-order valence-corrected chi connectivity index (χ0v) is 51.2. The first-order valence-electron chi connectivity index (χ1n) is 30.9. The van der Waals surface area contributed by atoms with Crippen molar-refractivity contribution < 1.29 is 0 Å². The third-order valence-corrected chi connectivity index (χ3v) is 19.3. The molecule has 0 saturated carbocycles. The summed E-state index contributed by atoms with van der Waals surface area (Å²) in [6.07, 6.45) is 26.8. The zero-order chi connectivity index (χ0) is 54.2. The van der Waals surface area contributed by atoms with Crippen LogP contribution in [0.4, 0.5) is 22.7 Å². The van der Waals surface area contributed by atoms with E-state index in [4.69, 9.17) is 0 Å². The largest absolute Gasteiger partial charge is 0.259 e. The molecule has 0 radical (unpaired) electrons. The van der Waals surface area contributed by atoms with E-state index in [1.807, 2.05) is 0 Å². The van der Waals surface area contributed by atoms with Gasteiger partial charge in [0.2, 0.25) is 0 Å². The van der Waals surface area contributed by atoms with Gasteiger partial charge in [0.15, 0.2) is 0 Å². The van der Waals surface area contributed by atoms with Crippen LogP contribution in [-0.2, 0) is 25.7 Å². The van der Waals surface area contributed by atoms with Gasteiger partial charge in [0, 0.05) is 19.7 Å². The third-order valence-electron chi connectivity index (χ3n) is 17.7. The Balaban J connectivity index is 1.02. The van der Waals surface area contributed by atoms with Gasteiger partial charge in [-0.2, -0.15) is 0 Å². The second-order valence-corrected chi connectivity index (χ2v) is 24.6. The van der Waals surface area contributed by atoms with Crippen LogP contribution in [0.15, 0.2) is 167 Å². The Bertz CT molecular complexity index is 3230. The van der Waals surface area contributed by atoms with E-state index in [2.05, 4.69) is 217 Å². The number of hydrogen-bond acceptors (Lipinski definition) is 0. The number of halogens is 2. The molecule has 0 N–H and O–H groups in total. The minimum absolute atomic E-state index is 0.954. The highest BCUT2D eigenvalue weighted by molar-refractivity contribution is 9.11. The molecule has 408 valence electrons. The van der Waals surface area contributed by atoms with Crippen LogP contribution in [0.3, 0.4) is 0 Å². The summed E-state index contributed by atoms with van der Waals surface area (Å²) in [5.74, 6) is 0.